The van der Waals surface area contributed by atoms with Gasteiger partial charge in [-0.3, -0.25) is 9.59 Å². The van der Waals surface area contributed by atoms with Crippen molar-refractivity contribution in [1.29, 1.82) is 0 Å². The first kappa shape index (κ1) is 41.0. The zero-order chi connectivity index (χ0) is 33.4. The molecule has 0 aliphatic heterocycles. The molecule has 0 aromatic carbocycles. The zero-order valence-corrected chi connectivity index (χ0v) is 26.8. The molecule has 0 aliphatic rings. The third-order valence-corrected chi connectivity index (χ3v) is 5.99. The van der Waals surface area contributed by atoms with Crippen LogP contribution in [0, 0.1) is 0 Å². The smallest absolute Gasteiger partial charge is 0.330 e. The number of rotatable bonds is 25. The van der Waals surface area contributed by atoms with Gasteiger partial charge in [-0.2, -0.15) is 0 Å². The highest BCUT2D eigenvalue weighted by atomic mass is 16.6. The van der Waals surface area contributed by atoms with Crippen LogP contribution >= 0.6 is 0 Å². The number of hydrogen-bond donors (Lipinski definition) is 4. The molecule has 0 fully saturated rings. The fourth-order valence-corrected chi connectivity index (χ4v) is 3.54. The summed E-state index contributed by atoms with van der Waals surface area (Å²) in [5, 5.41) is 23.6. The lowest BCUT2D eigenvalue weighted by atomic mass is 10.1. The van der Waals surface area contributed by atoms with Crippen LogP contribution in [0.3, 0.4) is 0 Å². The lowest BCUT2D eigenvalue weighted by Crippen LogP contribution is -2.44. The van der Waals surface area contributed by atoms with E-state index in [9.17, 15) is 29.4 Å². The van der Waals surface area contributed by atoms with E-state index < -0.39 is 43.2 Å². The lowest BCUT2D eigenvalue weighted by Gasteiger charge is -2.20. The molecule has 0 saturated carbocycles. The van der Waals surface area contributed by atoms with Crippen LogP contribution in [-0.4, -0.2) is 73.0 Å². The summed E-state index contributed by atoms with van der Waals surface area (Å²) in [6.07, 6.45) is 32.8. The Bertz CT molecular complexity index is 1040. The van der Waals surface area contributed by atoms with E-state index in [4.69, 9.17) is 4.74 Å². The van der Waals surface area contributed by atoms with Crippen LogP contribution in [0.25, 0.3) is 0 Å². The van der Waals surface area contributed by atoms with E-state index in [2.05, 4.69) is 83.1 Å². The van der Waals surface area contributed by atoms with Gasteiger partial charge in [-0.15, -0.1) is 0 Å². The molecular formula is C35H52N2O8. The zero-order valence-electron chi connectivity index (χ0n) is 26.8. The Morgan fingerprint density at radius 2 is 1.24 bits per heavy atom. The molecule has 0 saturated heterocycles. The number of esters is 2. The van der Waals surface area contributed by atoms with Crippen molar-refractivity contribution in [2.45, 2.75) is 83.3 Å². The van der Waals surface area contributed by atoms with Gasteiger partial charge in [-0.05, 0) is 57.8 Å². The highest BCUT2D eigenvalue weighted by Gasteiger charge is 2.24. The molecule has 0 aromatic heterocycles. The fourth-order valence-electron chi connectivity index (χ4n) is 3.54. The summed E-state index contributed by atoms with van der Waals surface area (Å²) in [5.41, 5.74) is 0. The monoisotopic (exact) mass is 628 g/mol. The normalized spacial score (nSPS) is 13.0. The molecule has 2 amide bonds. The molecule has 0 aromatic rings. The quantitative estimate of drug-likeness (QED) is 0.0501. The predicted octanol–water partition coefficient (Wildman–Crippen LogP) is 4.47. The van der Waals surface area contributed by atoms with Crippen LogP contribution in [0.4, 0.5) is 0 Å². The van der Waals surface area contributed by atoms with Crippen molar-refractivity contribution in [2.24, 2.45) is 0 Å². The first-order valence-electron chi connectivity index (χ1n) is 15.5. The van der Waals surface area contributed by atoms with Gasteiger partial charge in [0.1, 0.15) is 12.1 Å². The topological polar surface area (TPSA) is 151 Å². The predicted molar refractivity (Wildman–Crippen MR) is 177 cm³/mol. The van der Waals surface area contributed by atoms with Gasteiger partial charge in [-0.1, -0.05) is 79.8 Å². The Labute approximate surface area is 268 Å². The van der Waals surface area contributed by atoms with Crippen molar-refractivity contribution in [1.82, 2.24) is 10.6 Å². The summed E-state index contributed by atoms with van der Waals surface area (Å²) in [7, 11) is 1.19. The van der Waals surface area contributed by atoms with E-state index in [0.717, 1.165) is 50.7 Å². The third-order valence-electron chi connectivity index (χ3n) is 5.99. The second-order valence-electron chi connectivity index (χ2n) is 9.79. The minimum absolute atomic E-state index is 0.148. The average molecular weight is 629 g/mol. The molecule has 0 bridgehead atoms. The molecular weight excluding hydrogens is 576 g/mol. The number of hydrogen-bond acceptors (Lipinski definition) is 8. The molecule has 0 heterocycles. The van der Waals surface area contributed by atoms with Gasteiger partial charge in [0, 0.05) is 25.1 Å². The number of nitrogens with one attached hydrogen (secondary N) is 2. The largest absolute Gasteiger partial charge is 0.466 e. The van der Waals surface area contributed by atoms with Crippen molar-refractivity contribution in [3.05, 3.63) is 85.1 Å². The molecule has 0 unspecified atom stereocenters. The van der Waals surface area contributed by atoms with E-state index in [1.807, 2.05) is 12.2 Å². The van der Waals surface area contributed by atoms with Gasteiger partial charge < -0.3 is 30.3 Å². The Balaban J connectivity index is 4.42. The Morgan fingerprint density at radius 1 is 0.733 bits per heavy atom. The van der Waals surface area contributed by atoms with Crippen LogP contribution in [0.1, 0.15) is 71.1 Å². The van der Waals surface area contributed by atoms with Crippen molar-refractivity contribution >= 4 is 23.8 Å². The van der Waals surface area contributed by atoms with E-state index in [-0.39, 0.29) is 25.3 Å². The maximum atomic E-state index is 12.6. The number of aliphatic hydroxyl groups excluding tert-OH is 2. The molecule has 250 valence electrons. The van der Waals surface area contributed by atoms with Crippen LogP contribution < -0.4 is 10.6 Å². The van der Waals surface area contributed by atoms with Crippen molar-refractivity contribution in [2.75, 3.05) is 26.9 Å². The van der Waals surface area contributed by atoms with Gasteiger partial charge in [0.2, 0.25) is 11.8 Å². The molecule has 0 aliphatic carbocycles. The van der Waals surface area contributed by atoms with Crippen molar-refractivity contribution in [3.63, 3.8) is 0 Å². The Morgan fingerprint density at radius 3 is 1.73 bits per heavy atom. The lowest BCUT2D eigenvalue weighted by molar-refractivity contribution is -0.157. The van der Waals surface area contributed by atoms with Gasteiger partial charge in [0.15, 0.2) is 0 Å². The minimum atomic E-state index is -1.10. The van der Waals surface area contributed by atoms with Crippen molar-refractivity contribution in [3.8, 4) is 0 Å². The summed E-state index contributed by atoms with van der Waals surface area (Å²) in [4.78, 5) is 47.8. The Kier molecular flexibility index (Phi) is 27.3. The third kappa shape index (κ3) is 26.1. The van der Waals surface area contributed by atoms with E-state index in [0.29, 0.717) is 12.8 Å². The van der Waals surface area contributed by atoms with Crippen LogP contribution in [0.2, 0.25) is 0 Å². The maximum Gasteiger partial charge on any atom is 0.330 e. The number of methoxy groups -OCH3 is 1. The number of ether oxygens (including phenoxy) is 2. The second-order valence-corrected chi connectivity index (χ2v) is 9.79. The van der Waals surface area contributed by atoms with E-state index in [1.54, 1.807) is 0 Å². The standard InChI is InChI=1S/C35H52N2O8/c1-3-4-5-6-7-8-9-10-11-12-13-14-15-16-17-18-19-20-21-24-33(41)37-31(35(43)45-30(28-38)29-39)23-22-27-36-32(40)25-26-34(42)44-2/h4-5,7-8,10-11,13-14,16-17,19-20,25-26,30-31,38-39H,3,6,9,12,15,18,21-24,27-29H2,1-2H3,(H,36,40)(H,37,41)/t31-/m0/s1. The number of aliphatic hydroxyl groups is 2. The van der Waals surface area contributed by atoms with Gasteiger partial charge in [0.05, 0.1) is 20.3 Å². The second kappa shape index (κ2) is 30.0. The summed E-state index contributed by atoms with van der Waals surface area (Å²) < 4.78 is 9.49. The number of allylic oxidation sites excluding steroid dienone is 12. The van der Waals surface area contributed by atoms with Crippen LogP contribution in [-0.2, 0) is 28.7 Å². The summed E-state index contributed by atoms with van der Waals surface area (Å²) in [6.45, 7) is 1.18. The number of carbonyl (C=O) groups is 4. The first-order chi connectivity index (χ1) is 21.9. The molecule has 0 rings (SSSR count). The molecule has 0 radical (unpaired) electrons. The van der Waals surface area contributed by atoms with Crippen LogP contribution in [0.5, 0.6) is 0 Å². The highest BCUT2D eigenvalue weighted by Crippen LogP contribution is 2.05. The van der Waals surface area contributed by atoms with Crippen LogP contribution in [0.15, 0.2) is 85.1 Å². The molecule has 0 spiro atoms. The van der Waals surface area contributed by atoms with E-state index in [1.165, 1.54) is 7.11 Å². The van der Waals surface area contributed by atoms with Gasteiger partial charge >= 0.3 is 11.9 Å². The molecule has 4 N–H and O–H groups in total. The summed E-state index contributed by atoms with van der Waals surface area (Å²) in [6, 6.07) is -1.02. The number of amides is 2. The van der Waals surface area contributed by atoms with Gasteiger partial charge in [-0.25, -0.2) is 9.59 Å². The molecule has 10 heteroatoms. The minimum Gasteiger partial charge on any atom is -0.466 e. The summed E-state index contributed by atoms with van der Waals surface area (Å²) >= 11 is 0. The molecule has 10 nitrogen and oxygen atoms in total. The Hall–Kier alpha value is -4.02. The number of carbonyl (C=O) groups excluding carboxylic acids is 4. The highest BCUT2D eigenvalue weighted by molar-refractivity contribution is 5.94. The molecule has 45 heavy (non-hydrogen) atoms. The fraction of sp³-hybridized carbons (Fsp3) is 0.486. The maximum absolute atomic E-state index is 12.6. The van der Waals surface area contributed by atoms with Gasteiger partial charge in [0.25, 0.3) is 0 Å². The van der Waals surface area contributed by atoms with E-state index >= 15 is 0 Å². The summed E-state index contributed by atoms with van der Waals surface area (Å²) in [5.74, 6) is -2.32. The first-order valence-corrected chi connectivity index (χ1v) is 15.5. The average Bonchev–Trinajstić information content (AvgIpc) is 3.04. The molecule has 1 atom stereocenters. The SMILES string of the molecule is CCC=CCC=CCC=CCC=CCC=CCC=CCCC(=O)N[C@@H](CCCNC(=O)C=CC(=O)OC)C(=O)OC(CO)CO. The van der Waals surface area contributed by atoms with Crippen molar-refractivity contribution < 1.29 is 38.9 Å².